The second kappa shape index (κ2) is 7.85. The van der Waals surface area contributed by atoms with E-state index in [4.69, 9.17) is 27.9 Å². The van der Waals surface area contributed by atoms with Gasteiger partial charge in [0.1, 0.15) is 0 Å². The van der Waals surface area contributed by atoms with Crippen LogP contribution in [-0.4, -0.2) is 22.9 Å². The van der Waals surface area contributed by atoms with Gasteiger partial charge in [-0.25, -0.2) is 0 Å². The number of nitro benzene ring substituents is 1. The van der Waals surface area contributed by atoms with Crippen molar-refractivity contribution in [1.82, 2.24) is 0 Å². The Bertz CT molecular complexity index is 797. The van der Waals surface area contributed by atoms with Crippen LogP contribution in [0.1, 0.15) is 12.5 Å². The predicted molar refractivity (Wildman–Crippen MR) is 93.6 cm³/mol. The smallest absolute Gasteiger partial charge is 0.274 e. The van der Waals surface area contributed by atoms with Crippen LogP contribution >= 0.6 is 23.2 Å². The highest BCUT2D eigenvalue weighted by molar-refractivity contribution is 6.36. The molecule has 0 aliphatic rings. The van der Waals surface area contributed by atoms with Gasteiger partial charge in [-0.2, -0.15) is 5.10 Å². The summed E-state index contributed by atoms with van der Waals surface area (Å²) in [4.78, 5) is 10.4. The molecule has 0 saturated heterocycles. The summed E-state index contributed by atoms with van der Waals surface area (Å²) >= 11 is 11.8. The molecule has 0 fully saturated rings. The Hall–Kier alpha value is -2.51. The second-order valence-corrected chi connectivity index (χ2v) is 5.41. The van der Waals surface area contributed by atoms with Crippen molar-refractivity contribution in [3.8, 4) is 11.5 Å². The van der Waals surface area contributed by atoms with Crippen LogP contribution in [-0.2, 0) is 0 Å². The molecule has 2 N–H and O–H groups in total. The Morgan fingerprint density at radius 1 is 1.38 bits per heavy atom. The number of aromatic hydroxyl groups is 1. The number of hydrogen-bond donors (Lipinski definition) is 2. The van der Waals surface area contributed by atoms with Crippen LogP contribution in [0.4, 0.5) is 11.4 Å². The summed E-state index contributed by atoms with van der Waals surface area (Å²) in [6.45, 7) is 1.96. The first-order valence-electron chi connectivity index (χ1n) is 6.80. The summed E-state index contributed by atoms with van der Waals surface area (Å²) in [6, 6.07) is 7.13. The van der Waals surface area contributed by atoms with Gasteiger partial charge >= 0.3 is 0 Å². The van der Waals surface area contributed by atoms with Crippen LogP contribution in [0, 0.1) is 10.1 Å². The van der Waals surface area contributed by atoms with Crippen LogP contribution in [0.3, 0.4) is 0 Å². The summed E-state index contributed by atoms with van der Waals surface area (Å²) in [5.74, 6) is -0.229. The third kappa shape index (κ3) is 4.27. The van der Waals surface area contributed by atoms with Crippen molar-refractivity contribution < 1.29 is 14.8 Å². The van der Waals surface area contributed by atoms with E-state index in [2.05, 4.69) is 10.5 Å². The van der Waals surface area contributed by atoms with E-state index in [0.29, 0.717) is 15.7 Å². The molecule has 9 heteroatoms. The summed E-state index contributed by atoms with van der Waals surface area (Å²) < 4.78 is 5.19. The van der Waals surface area contributed by atoms with Gasteiger partial charge in [0.05, 0.1) is 34.5 Å². The number of nitrogens with one attached hydrogen (secondary N) is 1. The van der Waals surface area contributed by atoms with Crippen molar-refractivity contribution in [2.75, 3.05) is 12.0 Å². The number of ether oxygens (including phenoxy) is 1. The Kier molecular flexibility index (Phi) is 5.83. The molecule has 0 radical (unpaired) electrons. The molecule has 0 amide bonds. The Balaban J connectivity index is 2.28. The highest BCUT2D eigenvalue weighted by atomic mass is 35.5. The molecule has 2 rings (SSSR count). The first-order valence-corrected chi connectivity index (χ1v) is 7.56. The Labute approximate surface area is 147 Å². The van der Waals surface area contributed by atoms with Crippen LogP contribution < -0.4 is 10.2 Å². The molecular weight excluding hydrogens is 357 g/mol. The predicted octanol–water partition coefficient (Wildman–Crippen LogP) is 4.45. The van der Waals surface area contributed by atoms with E-state index < -0.39 is 4.92 Å². The number of nitrogens with zero attached hydrogens (tertiary/aromatic N) is 2. The van der Waals surface area contributed by atoms with E-state index in [1.165, 1.54) is 12.3 Å². The van der Waals surface area contributed by atoms with Gasteiger partial charge in [0.25, 0.3) is 5.69 Å². The maximum absolute atomic E-state index is 11.0. The van der Waals surface area contributed by atoms with Gasteiger partial charge in [0, 0.05) is 16.7 Å². The van der Waals surface area contributed by atoms with Crippen LogP contribution in [0.15, 0.2) is 35.4 Å². The number of phenolic OH excluding ortho intramolecular Hbond substituents is 1. The summed E-state index contributed by atoms with van der Waals surface area (Å²) in [6.07, 6.45) is 1.23. The van der Waals surface area contributed by atoms with Gasteiger partial charge in [0.2, 0.25) is 0 Å². The van der Waals surface area contributed by atoms with E-state index in [0.717, 1.165) is 6.07 Å². The minimum atomic E-state index is -0.581. The van der Waals surface area contributed by atoms with Gasteiger partial charge < -0.3 is 9.84 Å². The molecule has 0 unspecified atom stereocenters. The Morgan fingerprint density at radius 3 is 2.75 bits per heavy atom. The molecule has 0 aliphatic carbocycles. The molecule has 0 heterocycles. The number of hydrogen-bond acceptors (Lipinski definition) is 6. The molecule has 0 bridgehead atoms. The van der Waals surface area contributed by atoms with Crippen molar-refractivity contribution >= 4 is 40.8 Å². The topological polar surface area (TPSA) is 97.0 Å². The average molecular weight is 370 g/mol. The average Bonchev–Trinajstić information content (AvgIpc) is 2.52. The molecule has 0 saturated carbocycles. The van der Waals surface area contributed by atoms with Gasteiger partial charge in [-0.3, -0.25) is 15.5 Å². The van der Waals surface area contributed by atoms with Crippen LogP contribution in [0.5, 0.6) is 11.5 Å². The largest absolute Gasteiger partial charge is 0.504 e. The zero-order valence-corrected chi connectivity index (χ0v) is 14.0. The summed E-state index contributed by atoms with van der Waals surface area (Å²) in [5.41, 5.74) is 3.08. The number of hydrazone groups is 1. The molecule has 7 nitrogen and oxygen atoms in total. The van der Waals surface area contributed by atoms with E-state index in [9.17, 15) is 15.2 Å². The van der Waals surface area contributed by atoms with Gasteiger partial charge in [0.15, 0.2) is 11.5 Å². The van der Waals surface area contributed by atoms with E-state index in [1.807, 2.05) is 0 Å². The lowest BCUT2D eigenvalue weighted by Crippen LogP contribution is -1.98. The van der Waals surface area contributed by atoms with E-state index in [-0.39, 0.29) is 29.4 Å². The minimum Gasteiger partial charge on any atom is -0.504 e. The molecule has 0 spiro atoms. The standard InChI is InChI=1S/C15H13Cl2N3O4/c1-2-24-14-7-11(20(22)23)5-9(15(14)21)8-18-19-13-4-3-10(16)6-12(13)17/h3-8,19,21H,2H2,1H3/b18-8+. The first kappa shape index (κ1) is 17.8. The van der Waals surface area contributed by atoms with Crippen molar-refractivity contribution in [2.24, 2.45) is 5.10 Å². The van der Waals surface area contributed by atoms with E-state index in [1.54, 1.807) is 25.1 Å². The number of benzene rings is 2. The highest BCUT2D eigenvalue weighted by Crippen LogP contribution is 2.34. The molecule has 0 aromatic heterocycles. The summed E-state index contributed by atoms with van der Waals surface area (Å²) in [5, 5.41) is 25.8. The first-order chi connectivity index (χ1) is 11.4. The third-order valence-electron chi connectivity index (χ3n) is 2.92. The van der Waals surface area contributed by atoms with Crippen molar-refractivity contribution in [3.63, 3.8) is 0 Å². The second-order valence-electron chi connectivity index (χ2n) is 4.57. The zero-order valence-electron chi connectivity index (χ0n) is 12.5. The zero-order chi connectivity index (χ0) is 17.7. The molecular formula is C15H13Cl2N3O4. The molecule has 126 valence electrons. The lowest BCUT2D eigenvalue weighted by atomic mass is 10.1. The summed E-state index contributed by atoms with van der Waals surface area (Å²) in [7, 11) is 0. The van der Waals surface area contributed by atoms with Crippen LogP contribution in [0.2, 0.25) is 10.0 Å². The number of anilines is 1. The van der Waals surface area contributed by atoms with Gasteiger partial charge in [-0.1, -0.05) is 23.2 Å². The lowest BCUT2D eigenvalue weighted by molar-refractivity contribution is -0.385. The number of non-ortho nitro benzene ring substituents is 1. The fraction of sp³-hybridized carbons (Fsp3) is 0.133. The number of halogens is 2. The minimum absolute atomic E-state index is 0.0117. The van der Waals surface area contributed by atoms with Crippen LogP contribution in [0.25, 0.3) is 0 Å². The molecule has 0 aliphatic heterocycles. The lowest BCUT2D eigenvalue weighted by Gasteiger charge is -2.08. The quantitative estimate of drug-likeness (QED) is 0.445. The molecule has 2 aromatic carbocycles. The van der Waals surface area contributed by atoms with Gasteiger partial charge in [-0.15, -0.1) is 0 Å². The third-order valence-corrected chi connectivity index (χ3v) is 3.47. The number of rotatable bonds is 6. The fourth-order valence-corrected chi connectivity index (χ4v) is 2.29. The number of nitro groups is 1. The SMILES string of the molecule is CCOc1cc([N+](=O)[O-])cc(/C=N/Nc2ccc(Cl)cc2Cl)c1O. The van der Waals surface area contributed by atoms with Crippen molar-refractivity contribution in [3.05, 3.63) is 56.1 Å². The highest BCUT2D eigenvalue weighted by Gasteiger charge is 2.16. The monoisotopic (exact) mass is 369 g/mol. The maximum Gasteiger partial charge on any atom is 0.274 e. The normalized spacial score (nSPS) is 10.8. The molecule has 0 atom stereocenters. The molecule has 2 aromatic rings. The van der Waals surface area contributed by atoms with Crippen molar-refractivity contribution in [2.45, 2.75) is 6.92 Å². The van der Waals surface area contributed by atoms with Crippen molar-refractivity contribution in [1.29, 1.82) is 0 Å². The fourth-order valence-electron chi connectivity index (χ4n) is 1.84. The maximum atomic E-state index is 11.0. The number of phenols is 1. The van der Waals surface area contributed by atoms with Gasteiger partial charge in [-0.05, 0) is 25.1 Å². The molecule has 24 heavy (non-hydrogen) atoms. The van der Waals surface area contributed by atoms with E-state index >= 15 is 0 Å². The Morgan fingerprint density at radius 2 is 2.12 bits per heavy atom.